The van der Waals surface area contributed by atoms with Gasteiger partial charge in [-0.1, -0.05) is 0 Å². The van der Waals surface area contributed by atoms with E-state index in [4.69, 9.17) is 4.74 Å². The second-order valence-electron chi connectivity index (χ2n) is 6.33. The van der Waals surface area contributed by atoms with Gasteiger partial charge in [0, 0.05) is 30.4 Å². The van der Waals surface area contributed by atoms with Crippen molar-refractivity contribution in [1.82, 2.24) is 5.32 Å². The fourth-order valence-corrected chi connectivity index (χ4v) is 2.85. The molecule has 0 radical (unpaired) electrons. The number of hydrogen-bond acceptors (Lipinski definition) is 3. The first kappa shape index (κ1) is 15.8. The summed E-state index contributed by atoms with van der Waals surface area (Å²) in [6.45, 7) is 9.76. The van der Waals surface area contributed by atoms with E-state index in [2.05, 4.69) is 31.4 Å². The Morgan fingerprint density at radius 2 is 2.19 bits per heavy atom. The quantitative estimate of drug-likeness (QED) is 0.896. The first-order valence-electron chi connectivity index (χ1n) is 7.70. The Bertz CT molecular complexity index is 512. The van der Waals surface area contributed by atoms with Gasteiger partial charge in [0.05, 0.1) is 5.60 Å². The van der Waals surface area contributed by atoms with Crippen LogP contribution in [0.25, 0.3) is 0 Å². The number of nitrogens with one attached hydrogen (secondary N) is 2. The van der Waals surface area contributed by atoms with E-state index >= 15 is 0 Å². The van der Waals surface area contributed by atoms with Crippen molar-refractivity contribution < 1.29 is 9.53 Å². The maximum Gasteiger partial charge on any atom is 0.251 e. The van der Waals surface area contributed by atoms with Gasteiger partial charge < -0.3 is 15.4 Å². The number of benzene rings is 1. The molecule has 1 amide bonds. The van der Waals surface area contributed by atoms with E-state index in [9.17, 15) is 4.79 Å². The summed E-state index contributed by atoms with van der Waals surface area (Å²) in [7, 11) is 0. The highest BCUT2D eigenvalue weighted by molar-refractivity contribution is 5.96. The Kier molecular flexibility index (Phi) is 4.88. The van der Waals surface area contributed by atoms with Gasteiger partial charge in [-0.25, -0.2) is 0 Å². The third-order valence-electron chi connectivity index (χ3n) is 3.88. The zero-order valence-corrected chi connectivity index (χ0v) is 13.5. The zero-order chi connectivity index (χ0) is 15.5. The molecule has 2 rings (SSSR count). The van der Waals surface area contributed by atoms with Crippen LogP contribution in [0.2, 0.25) is 0 Å². The van der Waals surface area contributed by atoms with Gasteiger partial charge >= 0.3 is 0 Å². The Morgan fingerprint density at radius 3 is 2.81 bits per heavy atom. The molecule has 1 aromatic rings. The number of carbonyl (C=O) groups is 1. The predicted octanol–water partition coefficient (Wildman–Crippen LogP) is 3.11. The molecule has 1 aromatic carbocycles. The highest BCUT2D eigenvalue weighted by atomic mass is 16.5. The van der Waals surface area contributed by atoms with Gasteiger partial charge in [-0.15, -0.1) is 0 Å². The molecule has 0 saturated carbocycles. The number of ether oxygens (including phenoxy) is 1. The highest BCUT2D eigenvalue weighted by Crippen LogP contribution is 2.24. The summed E-state index contributed by atoms with van der Waals surface area (Å²) >= 11 is 0. The van der Waals surface area contributed by atoms with E-state index in [0.29, 0.717) is 6.61 Å². The molecular formula is C17H26N2O2. The van der Waals surface area contributed by atoms with Crippen LogP contribution in [0.3, 0.4) is 0 Å². The van der Waals surface area contributed by atoms with Crippen LogP contribution in [0.15, 0.2) is 18.2 Å². The van der Waals surface area contributed by atoms with Crippen molar-refractivity contribution in [2.75, 3.05) is 18.5 Å². The topological polar surface area (TPSA) is 50.4 Å². The Labute approximate surface area is 127 Å². The molecule has 1 saturated heterocycles. The largest absolute Gasteiger partial charge is 0.385 e. The van der Waals surface area contributed by atoms with Crippen LogP contribution in [0, 0.1) is 6.92 Å². The van der Waals surface area contributed by atoms with Gasteiger partial charge in [0.1, 0.15) is 0 Å². The van der Waals surface area contributed by atoms with Crippen molar-refractivity contribution in [1.29, 1.82) is 0 Å². The van der Waals surface area contributed by atoms with Gasteiger partial charge in [-0.3, -0.25) is 4.79 Å². The van der Waals surface area contributed by atoms with Crippen molar-refractivity contribution in [2.45, 2.75) is 52.2 Å². The van der Waals surface area contributed by atoms with E-state index in [0.717, 1.165) is 36.2 Å². The Hall–Kier alpha value is -1.55. The van der Waals surface area contributed by atoms with Crippen LogP contribution in [0.5, 0.6) is 0 Å². The molecular weight excluding hydrogens is 264 g/mol. The maximum atomic E-state index is 12.4. The lowest BCUT2D eigenvalue weighted by Crippen LogP contribution is -2.45. The summed E-state index contributed by atoms with van der Waals surface area (Å²) in [6, 6.07) is 6.06. The molecule has 0 aromatic heterocycles. The number of rotatable bonds is 4. The third kappa shape index (κ3) is 4.21. The number of hydrogen-bond donors (Lipinski definition) is 2. The fraction of sp³-hybridized carbons (Fsp3) is 0.588. The lowest BCUT2D eigenvalue weighted by molar-refractivity contribution is -0.0615. The Morgan fingerprint density at radius 1 is 1.43 bits per heavy atom. The van der Waals surface area contributed by atoms with E-state index in [1.807, 2.05) is 25.1 Å². The summed E-state index contributed by atoms with van der Waals surface area (Å²) in [5, 5.41) is 6.40. The Balaban J connectivity index is 2.03. The highest BCUT2D eigenvalue weighted by Gasteiger charge is 2.29. The summed E-state index contributed by atoms with van der Waals surface area (Å²) in [5.41, 5.74) is 2.65. The molecule has 4 nitrogen and oxygen atoms in total. The van der Waals surface area contributed by atoms with Crippen molar-refractivity contribution in [3.8, 4) is 0 Å². The van der Waals surface area contributed by atoms with Crippen LogP contribution < -0.4 is 10.6 Å². The van der Waals surface area contributed by atoms with Crippen molar-refractivity contribution >= 4 is 11.6 Å². The van der Waals surface area contributed by atoms with E-state index in [1.54, 1.807) is 0 Å². The van der Waals surface area contributed by atoms with Crippen molar-refractivity contribution in [3.05, 3.63) is 29.3 Å². The van der Waals surface area contributed by atoms with Gasteiger partial charge in [0.25, 0.3) is 5.91 Å². The normalized spacial score (nSPS) is 20.9. The first-order chi connectivity index (χ1) is 9.91. The number of amides is 1. The average molecular weight is 290 g/mol. The number of carbonyl (C=O) groups excluding carboxylic acids is 1. The molecule has 4 heteroatoms. The van der Waals surface area contributed by atoms with E-state index < -0.39 is 0 Å². The second-order valence-corrected chi connectivity index (χ2v) is 6.33. The number of aryl methyl sites for hydroxylation is 1. The van der Waals surface area contributed by atoms with Crippen molar-refractivity contribution in [3.63, 3.8) is 0 Å². The molecule has 21 heavy (non-hydrogen) atoms. The van der Waals surface area contributed by atoms with Crippen molar-refractivity contribution in [2.24, 2.45) is 0 Å². The summed E-state index contributed by atoms with van der Waals surface area (Å²) in [6.07, 6.45) is 1.73. The summed E-state index contributed by atoms with van der Waals surface area (Å²) in [5.74, 6) is 0.0123. The minimum Gasteiger partial charge on any atom is -0.385 e. The SMILES string of the molecule is CCNc1ccc(C(=O)NC2CCOC(C)(C)C2)c(C)c1. The fourth-order valence-electron chi connectivity index (χ4n) is 2.85. The molecule has 1 atom stereocenters. The molecule has 0 bridgehead atoms. The van der Waals surface area contributed by atoms with Crippen LogP contribution in [0.4, 0.5) is 5.69 Å². The standard InChI is InChI=1S/C17H26N2O2/c1-5-18-13-6-7-15(12(2)10-13)16(20)19-14-8-9-21-17(3,4)11-14/h6-7,10,14,18H,5,8-9,11H2,1-4H3,(H,19,20). The van der Waals surface area contributed by atoms with Crippen LogP contribution >= 0.6 is 0 Å². The van der Waals surface area contributed by atoms with Gasteiger partial charge in [0.15, 0.2) is 0 Å². The minimum atomic E-state index is -0.153. The second kappa shape index (κ2) is 6.48. The van der Waals surface area contributed by atoms with Gasteiger partial charge in [-0.05, 0) is 64.3 Å². The lowest BCUT2D eigenvalue weighted by atomic mass is 9.93. The minimum absolute atomic E-state index is 0.0123. The lowest BCUT2D eigenvalue weighted by Gasteiger charge is -2.35. The smallest absolute Gasteiger partial charge is 0.251 e. The van der Waals surface area contributed by atoms with Gasteiger partial charge in [-0.2, -0.15) is 0 Å². The van der Waals surface area contributed by atoms with Crippen LogP contribution in [-0.4, -0.2) is 30.7 Å². The van der Waals surface area contributed by atoms with Crippen LogP contribution in [0.1, 0.15) is 49.5 Å². The zero-order valence-electron chi connectivity index (χ0n) is 13.5. The number of anilines is 1. The van der Waals surface area contributed by atoms with E-state index in [-0.39, 0.29) is 17.6 Å². The van der Waals surface area contributed by atoms with Crippen LogP contribution in [-0.2, 0) is 4.74 Å². The average Bonchev–Trinajstić information content (AvgIpc) is 2.37. The summed E-state index contributed by atoms with van der Waals surface area (Å²) in [4.78, 5) is 12.4. The molecule has 2 N–H and O–H groups in total. The maximum absolute atomic E-state index is 12.4. The predicted molar refractivity (Wildman–Crippen MR) is 85.9 cm³/mol. The molecule has 1 fully saturated rings. The third-order valence-corrected chi connectivity index (χ3v) is 3.88. The molecule has 0 spiro atoms. The first-order valence-corrected chi connectivity index (χ1v) is 7.70. The van der Waals surface area contributed by atoms with E-state index in [1.165, 1.54) is 0 Å². The molecule has 1 heterocycles. The summed E-state index contributed by atoms with van der Waals surface area (Å²) < 4.78 is 5.69. The molecule has 0 aliphatic carbocycles. The monoisotopic (exact) mass is 290 g/mol. The molecule has 1 aliphatic heterocycles. The molecule has 1 aliphatic rings. The van der Waals surface area contributed by atoms with Gasteiger partial charge in [0.2, 0.25) is 0 Å². The molecule has 1 unspecified atom stereocenters. The molecule has 116 valence electrons.